The number of halogens is 2. The van der Waals surface area contributed by atoms with Crippen LogP contribution < -0.4 is 5.32 Å². The van der Waals surface area contributed by atoms with Gasteiger partial charge in [0.15, 0.2) is 0 Å². The quantitative estimate of drug-likeness (QED) is 0.459. The molecule has 2 N–H and O–H groups in total. The van der Waals surface area contributed by atoms with E-state index in [1.807, 2.05) is 37.3 Å². The number of hydrogen-bond donors (Lipinski definition) is 2. The van der Waals surface area contributed by atoms with Crippen molar-refractivity contribution in [1.82, 2.24) is 20.2 Å². The lowest BCUT2D eigenvalue weighted by Gasteiger charge is -2.26. The Bertz CT molecular complexity index is 1340. The predicted octanol–water partition coefficient (Wildman–Crippen LogP) is 4.45. The molecule has 37 heavy (non-hydrogen) atoms. The van der Waals surface area contributed by atoms with Crippen LogP contribution in [0.15, 0.2) is 60.9 Å². The predicted molar refractivity (Wildman–Crippen MR) is 141 cm³/mol. The average Bonchev–Trinajstić information content (AvgIpc) is 2.89. The summed E-state index contributed by atoms with van der Waals surface area (Å²) in [5.41, 5.74) is 3.95. The minimum Gasteiger partial charge on any atom is -0.480 e. The lowest BCUT2D eigenvalue weighted by atomic mass is 9.96. The van der Waals surface area contributed by atoms with Crippen molar-refractivity contribution in [1.29, 1.82) is 0 Å². The highest BCUT2D eigenvalue weighted by atomic mass is 35.5. The first-order valence-corrected chi connectivity index (χ1v) is 12.3. The zero-order valence-electron chi connectivity index (χ0n) is 19.9. The van der Waals surface area contributed by atoms with E-state index in [0.29, 0.717) is 25.2 Å². The van der Waals surface area contributed by atoms with Gasteiger partial charge < -0.3 is 15.3 Å². The minimum absolute atomic E-state index is 0.0404. The van der Waals surface area contributed by atoms with Crippen LogP contribution in [-0.2, 0) is 11.2 Å². The number of carboxylic acids is 1. The molecule has 3 aromatic rings. The zero-order valence-corrected chi connectivity index (χ0v) is 21.5. The second-order valence-corrected chi connectivity index (χ2v) is 9.45. The molecule has 1 aliphatic rings. The van der Waals surface area contributed by atoms with Crippen molar-refractivity contribution >= 4 is 46.6 Å². The maximum absolute atomic E-state index is 12.7. The minimum atomic E-state index is -1.17. The van der Waals surface area contributed by atoms with E-state index in [9.17, 15) is 19.5 Å². The molecular weight excluding hydrogens is 515 g/mol. The Morgan fingerprint density at radius 2 is 1.76 bits per heavy atom. The molecule has 1 aromatic heterocycles. The van der Waals surface area contributed by atoms with Crippen LogP contribution in [0, 0.1) is 6.92 Å². The summed E-state index contributed by atoms with van der Waals surface area (Å²) in [5.74, 6) is -1.97. The number of amides is 2. The Morgan fingerprint density at radius 1 is 1.05 bits per heavy atom. The summed E-state index contributed by atoms with van der Waals surface area (Å²) in [4.78, 5) is 47.2. The van der Waals surface area contributed by atoms with Crippen molar-refractivity contribution in [2.24, 2.45) is 0 Å². The molecular formula is C27H24Cl2N4O4. The fraction of sp³-hybridized carbons (Fsp3) is 0.222. The molecule has 4 rings (SSSR count). The zero-order chi connectivity index (χ0) is 26.5. The summed E-state index contributed by atoms with van der Waals surface area (Å²) < 4.78 is 0. The van der Waals surface area contributed by atoms with Crippen LogP contribution in [0.1, 0.15) is 44.1 Å². The van der Waals surface area contributed by atoms with Crippen LogP contribution in [0.3, 0.4) is 0 Å². The van der Waals surface area contributed by atoms with Gasteiger partial charge in [-0.25, -0.2) is 9.78 Å². The van der Waals surface area contributed by atoms with Crippen molar-refractivity contribution in [3.8, 4) is 0 Å². The average molecular weight is 539 g/mol. The monoisotopic (exact) mass is 538 g/mol. The van der Waals surface area contributed by atoms with E-state index >= 15 is 0 Å². The van der Waals surface area contributed by atoms with Gasteiger partial charge in [-0.2, -0.15) is 0 Å². The lowest BCUT2D eigenvalue weighted by molar-refractivity contribution is -0.139. The number of benzene rings is 2. The molecule has 0 fully saturated rings. The lowest BCUT2D eigenvalue weighted by Crippen LogP contribution is -2.42. The van der Waals surface area contributed by atoms with E-state index in [2.05, 4.69) is 15.3 Å². The van der Waals surface area contributed by atoms with Gasteiger partial charge in [-0.3, -0.25) is 14.6 Å². The summed E-state index contributed by atoms with van der Waals surface area (Å²) in [6, 6.07) is 11.0. The number of nitrogens with one attached hydrogen (secondary N) is 1. The van der Waals surface area contributed by atoms with Crippen molar-refractivity contribution in [3.05, 3.63) is 99.1 Å². The Kier molecular flexibility index (Phi) is 8.21. The highest BCUT2D eigenvalue weighted by Crippen LogP contribution is 2.25. The number of aromatic nitrogens is 2. The van der Waals surface area contributed by atoms with Gasteiger partial charge in [-0.1, -0.05) is 59.6 Å². The first kappa shape index (κ1) is 26.3. The third-order valence-electron chi connectivity index (χ3n) is 6.05. The number of hydrogen-bond acceptors (Lipinski definition) is 5. The maximum atomic E-state index is 12.7. The van der Waals surface area contributed by atoms with Crippen LogP contribution in [0.2, 0.25) is 10.0 Å². The molecule has 0 radical (unpaired) electrons. The van der Waals surface area contributed by atoms with Gasteiger partial charge in [0.25, 0.3) is 11.8 Å². The van der Waals surface area contributed by atoms with Crippen LogP contribution in [0.25, 0.3) is 5.57 Å². The largest absolute Gasteiger partial charge is 0.480 e. The number of rotatable bonds is 7. The first-order valence-electron chi connectivity index (χ1n) is 11.6. The number of carboxylic acid groups (broad SMARTS) is 1. The molecule has 1 aliphatic heterocycles. The molecule has 0 aliphatic carbocycles. The van der Waals surface area contributed by atoms with E-state index in [1.165, 1.54) is 18.3 Å². The molecule has 0 unspecified atom stereocenters. The van der Waals surface area contributed by atoms with Crippen LogP contribution >= 0.6 is 23.2 Å². The summed E-state index contributed by atoms with van der Waals surface area (Å²) in [5, 5.41) is 12.5. The topological polar surface area (TPSA) is 112 Å². The third-order valence-corrected chi connectivity index (χ3v) is 6.68. The van der Waals surface area contributed by atoms with E-state index in [-0.39, 0.29) is 27.9 Å². The Morgan fingerprint density at radius 3 is 2.32 bits per heavy atom. The van der Waals surface area contributed by atoms with Gasteiger partial charge in [0.2, 0.25) is 0 Å². The molecule has 2 heterocycles. The number of carbonyl (C=O) groups is 3. The second kappa shape index (κ2) is 11.5. The normalized spacial score (nSPS) is 14.0. The number of aryl methyl sites for hydroxylation is 1. The van der Waals surface area contributed by atoms with Gasteiger partial charge in [0, 0.05) is 25.7 Å². The fourth-order valence-corrected chi connectivity index (χ4v) is 4.59. The Balaban J connectivity index is 1.39. The highest BCUT2D eigenvalue weighted by molar-refractivity contribution is 6.39. The first-order chi connectivity index (χ1) is 17.7. The molecule has 8 nitrogen and oxygen atoms in total. The van der Waals surface area contributed by atoms with E-state index in [1.54, 1.807) is 17.2 Å². The van der Waals surface area contributed by atoms with Gasteiger partial charge in [-0.05, 0) is 42.2 Å². The van der Waals surface area contributed by atoms with E-state index in [4.69, 9.17) is 23.2 Å². The molecule has 2 amide bonds. The SMILES string of the molecule is Cc1cnc(C(=O)N2CC=C(c3ccc(C[C@H](NC(=O)c4c(Cl)cccc4Cl)C(=O)O)cc3)CC2)cn1. The van der Waals surface area contributed by atoms with Crippen molar-refractivity contribution in [2.45, 2.75) is 25.8 Å². The molecule has 10 heteroatoms. The molecule has 1 atom stereocenters. The van der Waals surface area contributed by atoms with E-state index < -0.39 is 17.9 Å². The highest BCUT2D eigenvalue weighted by Gasteiger charge is 2.24. The van der Waals surface area contributed by atoms with Crippen LogP contribution in [0.4, 0.5) is 0 Å². The molecule has 0 saturated heterocycles. The number of aliphatic carboxylic acids is 1. The standard InChI is InChI=1S/C27H24Cl2N4O4/c1-16-14-31-23(15-30-16)26(35)33-11-9-19(10-12-33)18-7-5-17(6-8-18)13-22(27(36)37)32-25(34)24-20(28)3-2-4-21(24)29/h2-9,14-15,22H,10-13H2,1H3,(H,32,34)(H,36,37)/t22-/m0/s1. The van der Waals surface area contributed by atoms with Gasteiger partial charge in [-0.15, -0.1) is 0 Å². The fourth-order valence-electron chi connectivity index (χ4n) is 4.02. The number of nitrogens with zero attached hydrogens (tertiary/aromatic N) is 3. The van der Waals surface area contributed by atoms with Crippen molar-refractivity contribution in [2.75, 3.05) is 13.1 Å². The molecule has 0 spiro atoms. The number of carbonyl (C=O) groups excluding carboxylic acids is 2. The molecule has 0 saturated carbocycles. The summed E-state index contributed by atoms with van der Waals surface area (Å²) in [7, 11) is 0. The van der Waals surface area contributed by atoms with Crippen LogP contribution in [-0.4, -0.2) is 56.9 Å². The third kappa shape index (κ3) is 6.34. The molecule has 2 aromatic carbocycles. The Hall–Kier alpha value is -3.75. The van der Waals surface area contributed by atoms with Gasteiger partial charge in [0.05, 0.1) is 27.5 Å². The van der Waals surface area contributed by atoms with E-state index in [0.717, 1.165) is 22.4 Å². The molecule has 0 bridgehead atoms. The van der Waals surface area contributed by atoms with Crippen molar-refractivity contribution in [3.63, 3.8) is 0 Å². The van der Waals surface area contributed by atoms with Crippen molar-refractivity contribution < 1.29 is 19.5 Å². The smallest absolute Gasteiger partial charge is 0.326 e. The summed E-state index contributed by atoms with van der Waals surface area (Å²) >= 11 is 12.2. The van der Waals surface area contributed by atoms with Gasteiger partial charge in [0.1, 0.15) is 11.7 Å². The van der Waals surface area contributed by atoms with Gasteiger partial charge >= 0.3 is 5.97 Å². The summed E-state index contributed by atoms with van der Waals surface area (Å²) in [6.07, 6.45) is 5.84. The second-order valence-electron chi connectivity index (χ2n) is 8.64. The summed E-state index contributed by atoms with van der Waals surface area (Å²) in [6.45, 7) is 2.83. The Labute approximate surface area is 223 Å². The van der Waals surface area contributed by atoms with Crippen LogP contribution in [0.5, 0.6) is 0 Å². The molecule has 190 valence electrons. The maximum Gasteiger partial charge on any atom is 0.326 e.